The molecule has 0 spiro atoms. The molecule has 2 aromatic rings. The molecule has 1 aromatic carbocycles. The lowest BCUT2D eigenvalue weighted by Gasteiger charge is -2.06. The minimum absolute atomic E-state index is 0.0219. The zero-order chi connectivity index (χ0) is 15.7. The molecule has 0 radical (unpaired) electrons. The molecule has 1 heterocycles. The Morgan fingerprint density at radius 2 is 2.29 bits per heavy atom. The van der Waals surface area contributed by atoms with Crippen LogP contribution in [-0.2, 0) is 18.3 Å². The van der Waals surface area contributed by atoms with Gasteiger partial charge in [0.1, 0.15) is 6.04 Å². The van der Waals surface area contributed by atoms with Gasteiger partial charge < -0.3 is 15.4 Å². The molecule has 0 aliphatic heterocycles. The summed E-state index contributed by atoms with van der Waals surface area (Å²) < 4.78 is 1.72. The van der Waals surface area contributed by atoms with Crippen LogP contribution < -0.4 is 5.73 Å². The number of nitrogens with zero attached hydrogens (tertiary/aromatic N) is 2. The number of nitro groups is 1. The normalized spacial score (nSPS) is 12.3. The monoisotopic (exact) mass is 289 g/mol. The molecule has 0 amide bonds. The number of benzene rings is 1. The average Bonchev–Trinajstić information content (AvgIpc) is 2.74. The van der Waals surface area contributed by atoms with E-state index in [1.165, 1.54) is 6.08 Å². The lowest BCUT2D eigenvalue weighted by Crippen LogP contribution is -2.32. The summed E-state index contributed by atoms with van der Waals surface area (Å²) in [6, 6.07) is 2.26. The Morgan fingerprint density at radius 1 is 1.62 bits per heavy atom. The van der Waals surface area contributed by atoms with Crippen LogP contribution in [0.4, 0.5) is 5.69 Å². The van der Waals surface area contributed by atoms with Gasteiger partial charge in [-0.2, -0.15) is 0 Å². The van der Waals surface area contributed by atoms with E-state index in [9.17, 15) is 14.9 Å². The molecule has 1 unspecified atom stereocenters. The van der Waals surface area contributed by atoms with Crippen LogP contribution in [0.3, 0.4) is 0 Å². The first kappa shape index (κ1) is 14.7. The van der Waals surface area contributed by atoms with Crippen LogP contribution >= 0.6 is 0 Å². The molecule has 0 fully saturated rings. The second-order valence-corrected chi connectivity index (χ2v) is 4.77. The summed E-state index contributed by atoms with van der Waals surface area (Å²) in [6.45, 7) is 3.58. The second kappa shape index (κ2) is 5.37. The number of rotatable bonds is 5. The third kappa shape index (κ3) is 2.50. The van der Waals surface area contributed by atoms with Gasteiger partial charge in [0, 0.05) is 19.7 Å². The maximum absolute atomic E-state index is 11.4. The van der Waals surface area contributed by atoms with Gasteiger partial charge in [0.25, 0.3) is 5.69 Å². The highest BCUT2D eigenvalue weighted by atomic mass is 16.6. The Kier molecular flexibility index (Phi) is 3.77. The van der Waals surface area contributed by atoms with Crippen molar-refractivity contribution in [2.45, 2.75) is 12.5 Å². The van der Waals surface area contributed by atoms with Crippen LogP contribution in [0.5, 0.6) is 0 Å². The number of carboxylic acid groups (broad SMARTS) is 1. The fraction of sp³-hybridized carbons (Fsp3) is 0.214. The first-order chi connectivity index (χ1) is 9.86. The van der Waals surface area contributed by atoms with E-state index >= 15 is 0 Å². The third-order valence-electron chi connectivity index (χ3n) is 3.40. The van der Waals surface area contributed by atoms with Crippen molar-refractivity contribution in [3.63, 3.8) is 0 Å². The van der Waals surface area contributed by atoms with Crippen LogP contribution in [0.1, 0.15) is 11.1 Å². The molecule has 0 bridgehead atoms. The van der Waals surface area contributed by atoms with E-state index in [1.54, 1.807) is 29.9 Å². The van der Waals surface area contributed by atoms with Gasteiger partial charge in [-0.3, -0.25) is 14.9 Å². The molecule has 1 aromatic heterocycles. The van der Waals surface area contributed by atoms with Crippen LogP contribution in [0, 0.1) is 10.1 Å². The first-order valence-corrected chi connectivity index (χ1v) is 6.23. The number of aromatic nitrogens is 1. The summed E-state index contributed by atoms with van der Waals surface area (Å²) >= 11 is 0. The Morgan fingerprint density at radius 3 is 2.81 bits per heavy atom. The van der Waals surface area contributed by atoms with E-state index in [-0.39, 0.29) is 12.1 Å². The predicted molar refractivity (Wildman–Crippen MR) is 79.0 cm³/mol. The third-order valence-corrected chi connectivity index (χ3v) is 3.40. The van der Waals surface area contributed by atoms with Gasteiger partial charge in [0.05, 0.1) is 21.4 Å². The van der Waals surface area contributed by atoms with Crippen molar-refractivity contribution in [2.24, 2.45) is 12.8 Å². The largest absolute Gasteiger partial charge is 0.480 e. The fourth-order valence-corrected chi connectivity index (χ4v) is 2.42. The van der Waals surface area contributed by atoms with Crippen LogP contribution in [-0.4, -0.2) is 26.6 Å². The molecule has 21 heavy (non-hydrogen) atoms. The van der Waals surface area contributed by atoms with Gasteiger partial charge >= 0.3 is 5.97 Å². The first-order valence-electron chi connectivity index (χ1n) is 6.23. The molecule has 3 N–H and O–H groups in total. The number of aliphatic carboxylic acids is 1. The maximum atomic E-state index is 11.4. The number of nitrogens with two attached hydrogens (primary N) is 1. The van der Waals surface area contributed by atoms with Crippen molar-refractivity contribution >= 4 is 28.6 Å². The number of carboxylic acids is 1. The fourth-order valence-electron chi connectivity index (χ4n) is 2.42. The summed E-state index contributed by atoms with van der Waals surface area (Å²) in [4.78, 5) is 21.8. The van der Waals surface area contributed by atoms with E-state index < -0.39 is 16.9 Å². The van der Waals surface area contributed by atoms with Crippen molar-refractivity contribution < 1.29 is 14.8 Å². The molecule has 1 atom stereocenters. The topological polar surface area (TPSA) is 111 Å². The molecule has 7 nitrogen and oxygen atoms in total. The molecule has 0 saturated carbocycles. The smallest absolute Gasteiger partial charge is 0.320 e. The Bertz CT molecular complexity index is 748. The van der Waals surface area contributed by atoms with Crippen molar-refractivity contribution in [3.8, 4) is 0 Å². The summed E-state index contributed by atoms with van der Waals surface area (Å²) in [5.74, 6) is -1.14. The zero-order valence-electron chi connectivity index (χ0n) is 11.4. The van der Waals surface area contributed by atoms with Gasteiger partial charge in [-0.25, -0.2) is 0 Å². The van der Waals surface area contributed by atoms with Crippen LogP contribution in [0.2, 0.25) is 0 Å². The molecule has 0 saturated heterocycles. The Hall–Kier alpha value is -2.67. The minimum atomic E-state index is -1.14. The van der Waals surface area contributed by atoms with E-state index in [0.29, 0.717) is 22.0 Å². The lowest BCUT2D eigenvalue weighted by atomic mass is 10.0. The van der Waals surface area contributed by atoms with Crippen LogP contribution in [0.15, 0.2) is 24.9 Å². The van der Waals surface area contributed by atoms with Gasteiger partial charge in [-0.15, -0.1) is 0 Å². The summed E-state index contributed by atoms with van der Waals surface area (Å²) in [7, 11) is 1.75. The number of hydrogen-bond donors (Lipinski definition) is 2. The molecule has 7 heteroatoms. The van der Waals surface area contributed by atoms with Crippen molar-refractivity contribution in [2.75, 3.05) is 0 Å². The predicted octanol–water partition coefficient (Wildman–Crippen LogP) is 1.68. The highest BCUT2D eigenvalue weighted by molar-refractivity contribution is 5.96. The SMILES string of the molecule is C=Cc1ccc2c(c(CC(N)C(=O)O)cn2C)c1[N+](=O)[O-]. The highest BCUT2D eigenvalue weighted by Crippen LogP contribution is 2.34. The van der Waals surface area contributed by atoms with Gasteiger partial charge in [0.15, 0.2) is 0 Å². The average molecular weight is 289 g/mol. The number of hydrogen-bond acceptors (Lipinski definition) is 4. The van der Waals surface area contributed by atoms with E-state index in [2.05, 4.69) is 6.58 Å². The molecule has 0 aliphatic rings. The van der Waals surface area contributed by atoms with Crippen molar-refractivity contribution in [3.05, 3.63) is 46.1 Å². The quantitative estimate of drug-likeness (QED) is 0.642. The molecular formula is C14H15N3O4. The molecule has 2 rings (SSSR count). The minimum Gasteiger partial charge on any atom is -0.480 e. The molecule has 0 aliphatic carbocycles. The number of aryl methyl sites for hydroxylation is 1. The summed E-state index contributed by atoms with van der Waals surface area (Å²) in [6.07, 6.45) is 3.10. The van der Waals surface area contributed by atoms with Gasteiger partial charge in [-0.05, 0) is 17.7 Å². The Balaban J connectivity index is 2.74. The molecular weight excluding hydrogens is 274 g/mol. The zero-order valence-corrected chi connectivity index (χ0v) is 11.4. The van der Waals surface area contributed by atoms with E-state index in [4.69, 9.17) is 10.8 Å². The van der Waals surface area contributed by atoms with Gasteiger partial charge in [0.2, 0.25) is 0 Å². The lowest BCUT2D eigenvalue weighted by molar-refractivity contribution is -0.383. The van der Waals surface area contributed by atoms with Crippen LogP contribution in [0.25, 0.3) is 17.0 Å². The number of carbonyl (C=O) groups is 1. The standard InChI is InChI=1S/C14H15N3O4/c1-3-8-4-5-11-12(13(8)17(20)21)9(7-16(11)2)6-10(15)14(18)19/h3-5,7,10H,1,6,15H2,2H3,(H,18,19). The Labute approximate surface area is 120 Å². The summed E-state index contributed by atoms with van der Waals surface area (Å²) in [5, 5.41) is 20.7. The highest BCUT2D eigenvalue weighted by Gasteiger charge is 2.24. The van der Waals surface area contributed by atoms with Gasteiger partial charge in [-0.1, -0.05) is 12.7 Å². The summed E-state index contributed by atoms with van der Waals surface area (Å²) in [5.41, 5.74) is 7.06. The number of nitro benzene ring substituents is 1. The number of fused-ring (bicyclic) bond motifs is 1. The van der Waals surface area contributed by atoms with E-state index in [1.807, 2.05) is 0 Å². The second-order valence-electron chi connectivity index (χ2n) is 4.77. The van der Waals surface area contributed by atoms with Crippen molar-refractivity contribution in [1.82, 2.24) is 4.57 Å². The maximum Gasteiger partial charge on any atom is 0.320 e. The van der Waals surface area contributed by atoms with Crippen molar-refractivity contribution in [1.29, 1.82) is 0 Å². The van der Waals surface area contributed by atoms with E-state index in [0.717, 1.165) is 0 Å². The molecule has 110 valence electrons.